The zero-order valence-corrected chi connectivity index (χ0v) is 3.43. The Balaban J connectivity index is 0. The number of primary amides is 1. The lowest BCUT2D eigenvalue weighted by atomic mass is 11.3. The summed E-state index contributed by atoms with van der Waals surface area (Å²) in [6.45, 7) is 0. The molecule has 0 bridgehead atoms. The second-order valence-corrected chi connectivity index (χ2v) is 0.463. The van der Waals surface area contributed by atoms with Crippen LogP contribution in [0.4, 0.5) is 4.79 Å². The van der Waals surface area contributed by atoms with Crippen LogP contribution in [0, 0.1) is 10.8 Å². The Morgan fingerprint density at radius 2 is 1.71 bits per heavy atom. The van der Waals surface area contributed by atoms with Crippen LogP contribution < -0.4 is 5.73 Å². The van der Waals surface area contributed by atoms with E-state index in [4.69, 9.17) is 20.7 Å². The van der Waals surface area contributed by atoms with Crippen molar-refractivity contribution in [3.05, 3.63) is 0 Å². The Morgan fingerprint density at radius 1 is 1.71 bits per heavy atom. The third-order valence-corrected chi connectivity index (χ3v) is 0. The number of hydrogen-bond acceptors (Lipinski definition) is 3. The molecule has 0 spiro atoms. The SMILES string of the molecule is N=C=N.NC(=O)O. The molecule has 0 atom stereocenters. The van der Waals surface area contributed by atoms with Crippen molar-refractivity contribution in [2.24, 2.45) is 5.73 Å². The summed E-state index contributed by atoms with van der Waals surface area (Å²) in [5.74, 6) is 0. The van der Waals surface area contributed by atoms with E-state index in [9.17, 15) is 0 Å². The summed E-state index contributed by atoms with van der Waals surface area (Å²) < 4.78 is 0. The fraction of sp³-hybridized carbons (Fsp3) is 0. The van der Waals surface area contributed by atoms with Crippen LogP contribution in [0.3, 0.4) is 0 Å². The molecule has 0 heterocycles. The molecular formula is C2H5N3O2. The van der Waals surface area contributed by atoms with Gasteiger partial charge in [0.2, 0.25) is 0 Å². The lowest BCUT2D eigenvalue weighted by molar-refractivity contribution is 0.205. The molecule has 0 aromatic heterocycles. The van der Waals surface area contributed by atoms with Gasteiger partial charge < -0.3 is 10.8 Å². The highest BCUT2D eigenvalue weighted by Crippen LogP contribution is 1.34. The molecule has 0 rings (SSSR count). The number of carboxylic acid groups (broad SMARTS) is 1. The van der Waals surface area contributed by atoms with Gasteiger partial charge in [0.1, 0.15) is 0 Å². The maximum Gasteiger partial charge on any atom is 0.402 e. The van der Waals surface area contributed by atoms with Crippen LogP contribution in [0.15, 0.2) is 0 Å². The van der Waals surface area contributed by atoms with Crippen molar-refractivity contribution >= 4 is 12.1 Å². The summed E-state index contributed by atoms with van der Waals surface area (Å²) in [5.41, 5.74) is 4.03. The standard InChI is InChI=1S/CH2N2.CH3NO2/c2-1-3;2-1(3)4/h2-3H;2H2,(H,3,4). The van der Waals surface area contributed by atoms with Crippen LogP contribution in [-0.2, 0) is 0 Å². The number of amides is 1. The third kappa shape index (κ3) is 17.9. The molecule has 0 saturated heterocycles. The van der Waals surface area contributed by atoms with E-state index in [0.717, 1.165) is 0 Å². The first-order valence-corrected chi connectivity index (χ1v) is 1.22. The van der Waals surface area contributed by atoms with Crippen LogP contribution in [0.2, 0.25) is 0 Å². The number of rotatable bonds is 0. The zero-order chi connectivity index (χ0) is 6.28. The molecule has 0 aromatic carbocycles. The van der Waals surface area contributed by atoms with Crippen molar-refractivity contribution in [1.29, 1.82) is 10.8 Å². The minimum absolute atomic E-state index is 1.25. The second-order valence-electron chi connectivity index (χ2n) is 0.463. The van der Waals surface area contributed by atoms with Crippen molar-refractivity contribution in [2.45, 2.75) is 0 Å². The van der Waals surface area contributed by atoms with Crippen LogP contribution in [0.25, 0.3) is 0 Å². The van der Waals surface area contributed by atoms with Gasteiger partial charge in [0.05, 0.1) is 6.01 Å². The summed E-state index contributed by atoms with van der Waals surface area (Å²) >= 11 is 0. The first kappa shape index (κ1) is 9.17. The highest BCUT2D eigenvalue weighted by atomic mass is 16.4. The molecule has 0 aromatic rings. The van der Waals surface area contributed by atoms with E-state index in [1.54, 1.807) is 0 Å². The van der Waals surface area contributed by atoms with E-state index >= 15 is 0 Å². The molecule has 0 unspecified atom stereocenters. The maximum atomic E-state index is 8.78. The molecule has 5 nitrogen and oxygen atoms in total. The van der Waals surface area contributed by atoms with Gasteiger partial charge in [-0.25, -0.2) is 15.6 Å². The highest BCUT2D eigenvalue weighted by Gasteiger charge is 1.65. The maximum absolute atomic E-state index is 8.78. The summed E-state index contributed by atoms with van der Waals surface area (Å²) in [6, 6.07) is 1.25. The van der Waals surface area contributed by atoms with E-state index in [2.05, 4.69) is 5.73 Å². The van der Waals surface area contributed by atoms with Gasteiger partial charge in [0.15, 0.2) is 0 Å². The molecule has 1 amide bonds. The van der Waals surface area contributed by atoms with Crippen molar-refractivity contribution in [1.82, 2.24) is 0 Å². The largest absolute Gasteiger partial charge is 0.465 e. The van der Waals surface area contributed by atoms with Crippen molar-refractivity contribution in [3.63, 3.8) is 0 Å². The number of hydrogen-bond donors (Lipinski definition) is 4. The number of nitrogens with one attached hydrogen (secondary N) is 2. The summed E-state index contributed by atoms with van der Waals surface area (Å²) in [7, 11) is 0. The molecule has 0 fully saturated rings. The van der Waals surface area contributed by atoms with Crippen molar-refractivity contribution < 1.29 is 9.90 Å². The summed E-state index contributed by atoms with van der Waals surface area (Å²) in [6.07, 6.45) is -1.33. The van der Waals surface area contributed by atoms with Gasteiger partial charge in [-0.1, -0.05) is 0 Å². The predicted molar refractivity (Wildman–Crippen MR) is 22.7 cm³/mol. The Bertz CT molecular complexity index is 78.9. The molecule has 0 saturated carbocycles. The molecule has 5 heteroatoms. The average molecular weight is 103 g/mol. The lowest BCUT2D eigenvalue weighted by Crippen LogP contribution is -2.03. The molecular weight excluding hydrogens is 98.0 g/mol. The van der Waals surface area contributed by atoms with Crippen LogP contribution in [0.1, 0.15) is 0 Å². The zero-order valence-electron chi connectivity index (χ0n) is 3.43. The normalized spacial score (nSPS) is 4.57. The number of nitrogens with two attached hydrogens (primary N) is 1. The van der Waals surface area contributed by atoms with Gasteiger partial charge in [0, 0.05) is 0 Å². The minimum Gasteiger partial charge on any atom is -0.465 e. The summed E-state index contributed by atoms with van der Waals surface area (Å²) in [4.78, 5) is 8.78. The van der Waals surface area contributed by atoms with Gasteiger partial charge in [0.25, 0.3) is 0 Å². The smallest absolute Gasteiger partial charge is 0.402 e. The van der Waals surface area contributed by atoms with Gasteiger partial charge in [-0.3, -0.25) is 0 Å². The first-order valence-electron chi connectivity index (χ1n) is 1.22. The third-order valence-electron chi connectivity index (χ3n) is 0. The average Bonchev–Trinajstić information content (AvgIpc) is 1.33. The molecule has 5 N–H and O–H groups in total. The molecule has 7 heavy (non-hydrogen) atoms. The van der Waals surface area contributed by atoms with E-state index in [-0.39, 0.29) is 0 Å². The fourth-order valence-electron chi connectivity index (χ4n) is 0. The number of carbonyl (C=O) groups is 1. The minimum atomic E-state index is -1.33. The fourth-order valence-corrected chi connectivity index (χ4v) is 0. The van der Waals surface area contributed by atoms with E-state index < -0.39 is 6.09 Å². The topological polar surface area (TPSA) is 111 Å². The van der Waals surface area contributed by atoms with Gasteiger partial charge in [-0.2, -0.15) is 0 Å². The van der Waals surface area contributed by atoms with E-state index in [1.807, 2.05) is 0 Å². The van der Waals surface area contributed by atoms with Crippen LogP contribution >= 0.6 is 0 Å². The molecule has 0 aliphatic rings. The lowest BCUT2D eigenvalue weighted by Gasteiger charge is -1.61. The molecule has 0 radical (unpaired) electrons. The molecule has 0 aliphatic carbocycles. The van der Waals surface area contributed by atoms with Gasteiger partial charge in [-0.15, -0.1) is 0 Å². The monoisotopic (exact) mass is 103 g/mol. The van der Waals surface area contributed by atoms with Crippen molar-refractivity contribution in [2.75, 3.05) is 0 Å². The Morgan fingerprint density at radius 3 is 1.71 bits per heavy atom. The quantitative estimate of drug-likeness (QED) is 0.322. The molecule has 0 aliphatic heterocycles. The van der Waals surface area contributed by atoms with E-state index in [0.29, 0.717) is 0 Å². The van der Waals surface area contributed by atoms with Gasteiger partial charge in [-0.05, 0) is 0 Å². The van der Waals surface area contributed by atoms with Crippen LogP contribution in [0.5, 0.6) is 0 Å². The van der Waals surface area contributed by atoms with Crippen LogP contribution in [-0.4, -0.2) is 17.2 Å². The van der Waals surface area contributed by atoms with Crippen molar-refractivity contribution in [3.8, 4) is 0 Å². The Labute approximate surface area is 39.8 Å². The van der Waals surface area contributed by atoms with Gasteiger partial charge >= 0.3 is 6.09 Å². The Hall–Kier alpha value is -1.35. The van der Waals surface area contributed by atoms with E-state index in [1.165, 1.54) is 6.01 Å². The summed E-state index contributed by atoms with van der Waals surface area (Å²) in [5, 5.41) is 18.4. The molecule has 40 valence electrons. The Kier molecular flexibility index (Phi) is 11.6. The highest BCUT2D eigenvalue weighted by molar-refractivity contribution is 5.61. The predicted octanol–water partition coefficient (Wildman–Crippen LogP) is -0.0591. The second kappa shape index (κ2) is 8.82. The first-order chi connectivity index (χ1) is 3.15.